The van der Waals surface area contributed by atoms with Gasteiger partial charge in [0.2, 0.25) is 0 Å². The van der Waals surface area contributed by atoms with Gasteiger partial charge in [0.25, 0.3) is 0 Å². The van der Waals surface area contributed by atoms with Crippen LogP contribution in [0.15, 0.2) is 30.4 Å². The molecular formula is C21H25. The molecule has 1 aromatic rings. The fourth-order valence-corrected chi connectivity index (χ4v) is 2.35. The molecule has 109 valence electrons. The van der Waals surface area contributed by atoms with E-state index in [0.29, 0.717) is 0 Å². The normalized spacial score (nSPS) is 13.0. The van der Waals surface area contributed by atoms with E-state index in [-0.39, 0.29) is 0 Å². The van der Waals surface area contributed by atoms with E-state index in [1.54, 1.807) is 0 Å². The van der Waals surface area contributed by atoms with Gasteiger partial charge in [0.05, 0.1) is 0 Å². The highest BCUT2D eigenvalue weighted by Gasteiger charge is 2.10. The minimum absolute atomic E-state index is 1.13. The lowest BCUT2D eigenvalue weighted by atomic mass is 9.90. The minimum atomic E-state index is 1.13. The maximum Gasteiger partial charge on any atom is -0.00141 e. The van der Waals surface area contributed by atoms with Crippen LogP contribution in [0.5, 0.6) is 0 Å². The molecule has 0 unspecified atom stereocenters. The Bertz CT molecular complexity index is 559. The molecule has 21 heavy (non-hydrogen) atoms. The Hall–Kier alpha value is -2.08. The summed E-state index contributed by atoms with van der Waals surface area (Å²) in [5.74, 6) is 0. The van der Waals surface area contributed by atoms with Crippen LogP contribution in [0.2, 0.25) is 0 Å². The van der Waals surface area contributed by atoms with Gasteiger partial charge in [-0.05, 0) is 68.5 Å². The largest absolute Gasteiger partial charge is 0.0870 e. The van der Waals surface area contributed by atoms with Crippen LogP contribution in [-0.4, -0.2) is 0 Å². The first-order valence-electron chi connectivity index (χ1n) is 7.50. The zero-order valence-electron chi connectivity index (χ0n) is 13.8. The van der Waals surface area contributed by atoms with Crippen LogP contribution in [0, 0.1) is 6.07 Å². The number of benzene rings is 1. The Kier molecular flexibility index (Phi) is 7.25. The molecule has 0 nitrogen and oxygen atoms in total. The first-order chi connectivity index (χ1) is 10.2. The third-order valence-corrected chi connectivity index (χ3v) is 3.10. The summed E-state index contributed by atoms with van der Waals surface area (Å²) < 4.78 is 0. The number of rotatable bonds is 5. The van der Waals surface area contributed by atoms with Gasteiger partial charge < -0.3 is 0 Å². The Labute approximate surface area is 129 Å². The van der Waals surface area contributed by atoms with Crippen molar-refractivity contribution < 1.29 is 0 Å². The highest BCUT2D eigenvalue weighted by atomic mass is 14.1. The molecule has 0 heteroatoms. The molecule has 0 atom stereocenters. The summed E-state index contributed by atoms with van der Waals surface area (Å²) in [6, 6.07) is 3.54. The maximum absolute atomic E-state index is 3.54. The number of hydrogen-bond acceptors (Lipinski definition) is 0. The third kappa shape index (κ3) is 4.19. The predicted octanol–water partition coefficient (Wildman–Crippen LogP) is 6.65. The highest BCUT2D eigenvalue weighted by Crippen LogP contribution is 2.29. The first kappa shape index (κ1) is 17.0. The van der Waals surface area contributed by atoms with Gasteiger partial charge >= 0.3 is 0 Å². The molecule has 0 aliphatic heterocycles. The molecular weight excluding hydrogens is 252 g/mol. The van der Waals surface area contributed by atoms with Gasteiger partial charge in [-0.1, -0.05) is 60.8 Å². The fourth-order valence-electron chi connectivity index (χ4n) is 2.35. The molecule has 0 fully saturated rings. The summed E-state index contributed by atoms with van der Waals surface area (Å²) in [5, 5.41) is 0. The zero-order valence-corrected chi connectivity index (χ0v) is 13.8. The Morgan fingerprint density at radius 3 is 1.14 bits per heavy atom. The van der Waals surface area contributed by atoms with Gasteiger partial charge in [-0.15, -0.1) is 0 Å². The third-order valence-electron chi connectivity index (χ3n) is 3.10. The second kappa shape index (κ2) is 8.97. The predicted molar refractivity (Wildman–Crippen MR) is 98.8 cm³/mol. The van der Waals surface area contributed by atoms with Gasteiger partial charge in [-0.25, -0.2) is 0 Å². The summed E-state index contributed by atoms with van der Waals surface area (Å²) in [5.41, 5.74) is 5.94. The monoisotopic (exact) mass is 277 g/mol. The van der Waals surface area contributed by atoms with Gasteiger partial charge in [-0.2, -0.15) is 0 Å². The number of hydrogen-bond donors (Lipinski definition) is 0. The minimum Gasteiger partial charge on any atom is -0.0870 e. The topological polar surface area (TPSA) is 0 Å². The second-order valence-corrected chi connectivity index (χ2v) is 4.69. The molecule has 1 aromatic carbocycles. The van der Waals surface area contributed by atoms with Crippen LogP contribution in [0.4, 0.5) is 0 Å². The lowest BCUT2D eigenvalue weighted by Crippen LogP contribution is -1.96. The molecule has 0 saturated carbocycles. The highest BCUT2D eigenvalue weighted by molar-refractivity contribution is 5.84. The van der Waals surface area contributed by atoms with Crippen molar-refractivity contribution in [3.8, 4) is 0 Å². The molecule has 0 heterocycles. The fraction of sp³-hybridized carbons (Fsp3) is 0.238. The average Bonchev–Trinajstić information content (AvgIpc) is 2.47. The van der Waals surface area contributed by atoms with Crippen molar-refractivity contribution in [3.05, 3.63) is 64.3 Å². The SMILES string of the molecule is C/C=C\c1[c]c(/C=C\C)c(/C=C\C)c(/C=C\C)c1/C=C\C. The van der Waals surface area contributed by atoms with Crippen molar-refractivity contribution in [2.45, 2.75) is 34.6 Å². The molecule has 0 saturated heterocycles. The molecule has 0 N–H and O–H groups in total. The summed E-state index contributed by atoms with van der Waals surface area (Å²) >= 11 is 0. The van der Waals surface area contributed by atoms with Gasteiger partial charge in [-0.3, -0.25) is 0 Å². The molecule has 1 rings (SSSR count). The van der Waals surface area contributed by atoms with Crippen molar-refractivity contribution in [3.63, 3.8) is 0 Å². The van der Waals surface area contributed by atoms with Crippen LogP contribution in [0.25, 0.3) is 30.4 Å². The number of allylic oxidation sites excluding steroid dienone is 5. The van der Waals surface area contributed by atoms with Crippen LogP contribution >= 0.6 is 0 Å². The van der Waals surface area contributed by atoms with Crippen LogP contribution in [0.3, 0.4) is 0 Å². The van der Waals surface area contributed by atoms with E-state index in [1.165, 1.54) is 16.7 Å². The maximum atomic E-state index is 3.54. The van der Waals surface area contributed by atoms with Gasteiger partial charge in [0, 0.05) is 0 Å². The lowest BCUT2D eigenvalue weighted by molar-refractivity contribution is 1.48. The molecule has 1 radical (unpaired) electrons. The molecule has 0 aliphatic rings. The summed E-state index contributed by atoms with van der Waals surface area (Å²) in [6.45, 7) is 10.2. The van der Waals surface area contributed by atoms with E-state index < -0.39 is 0 Å². The Morgan fingerprint density at radius 2 is 0.810 bits per heavy atom. The van der Waals surface area contributed by atoms with Crippen molar-refractivity contribution in [2.24, 2.45) is 0 Å². The van der Waals surface area contributed by atoms with E-state index in [4.69, 9.17) is 0 Å². The lowest BCUT2D eigenvalue weighted by Gasteiger charge is -2.14. The Balaban J connectivity index is 3.86. The quantitative estimate of drug-likeness (QED) is 0.565. The van der Waals surface area contributed by atoms with Crippen molar-refractivity contribution in [1.82, 2.24) is 0 Å². The standard InChI is InChI=1S/C21H25/c1-6-11-17-16-18(12-7-2)20(14-9-4)21(15-10-5)19(17)13-8-3/h6-15H,1-5H3/b11-6-,12-7-,13-8-,14-9-,15-10-. The summed E-state index contributed by atoms with van der Waals surface area (Å²) in [7, 11) is 0. The smallest absolute Gasteiger partial charge is 0.00141 e. The average molecular weight is 277 g/mol. The first-order valence-corrected chi connectivity index (χ1v) is 7.50. The van der Waals surface area contributed by atoms with Gasteiger partial charge in [0.15, 0.2) is 0 Å². The van der Waals surface area contributed by atoms with Crippen LogP contribution in [-0.2, 0) is 0 Å². The molecule has 0 bridgehead atoms. The van der Waals surface area contributed by atoms with Crippen molar-refractivity contribution >= 4 is 30.4 Å². The van der Waals surface area contributed by atoms with Crippen molar-refractivity contribution in [1.29, 1.82) is 0 Å². The molecule has 0 aromatic heterocycles. The van der Waals surface area contributed by atoms with Crippen LogP contribution in [0.1, 0.15) is 62.4 Å². The Morgan fingerprint density at radius 1 is 0.476 bits per heavy atom. The molecule has 0 aliphatic carbocycles. The molecule has 0 spiro atoms. The van der Waals surface area contributed by atoms with Crippen LogP contribution < -0.4 is 0 Å². The summed E-state index contributed by atoms with van der Waals surface area (Å²) in [4.78, 5) is 0. The molecule has 0 amide bonds. The second-order valence-electron chi connectivity index (χ2n) is 4.69. The van der Waals surface area contributed by atoms with E-state index >= 15 is 0 Å². The van der Waals surface area contributed by atoms with Crippen molar-refractivity contribution in [2.75, 3.05) is 0 Å². The summed E-state index contributed by atoms with van der Waals surface area (Å²) in [6.07, 6.45) is 21.1. The van der Waals surface area contributed by atoms with Gasteiger partial charge in [0.1, 0.15) is 0 Å². The zero-order chi connectivity index (χ0) is 15.7. The van der Waals surface area contributed by atoms with E-state index in [2.05, 4.69) is 73.8 Å². The van der Waals surface area contributed by atoms with E-state index in [0.717, 1.165) is 11.1 Å². The van der Waals surface area contributed by atoms with E-state index in [1.807, 2.05) is 27.7 Å². The van der Waals surface area contributed by atoms with E-state index in [9.17, 15) is 0 Å².